The Morgan fingerprint density at radius 3 is 2.48 bits per heavy atom. The molecule has 1 atom stereocenters. The van der Waals surface area contributed by atoms with Gasteiger partial charge in [0.15, 0.2) is 6.10 Å². The maximum Gasteiger partial charge on any atom is 0.158 e. The highest BCUT2D eigenvalue weighted by Crippen LogP contribution is 2.31. The van der Waals surface area contributed by atoms with Crippen LogP contribution in [-0.2, 0) is 4.84 Å². The predicted molar refractivity (Wildman–Crippen MR) is 81.0 cm³/mol. The Labute approximate surface area is 123 Å². The van der Waals surface area contributed by atoms with Crippen LogP contribution in [0.2, 0.25) is 0 Å². The van der Waals surface area contributed by atoms with E-state index in [4.69, 9.17) is 14.3 Å². The quantitative estimate of drug-likeness (QED) is 0.861. The van der Waals surface area contributed by atoms with Crippen molar-refractivity contribution in [1.82, 2.24) is 0 Å². The van der Waals surface area contributed by atoms with E-state index >= 15 is 0 Å². The monoisotopic (exact) mass is 283 g/mol. The van der Waals surface area contributed by atoms with Gasteiger partial charge in [-0.15, -0.1) is 0 Å². The van der Waals surface area contributed by atoms with E-state index in [0.29, 0.717) is 0 Å². The van der Waals surface area contributed by atoms with Crippen molar-refractivity contribution in [2.24, 2.45) is 5.16 Å². The summed E-state index contributed by atoms with van der Waals surface area (Å²) >= 11 is 0. The zero-order valence-corrected chi connectivity index (χ0v) is 12.1. The molecule has 108 valence electrons. The molecule has 1 heterocycles. The van der Waals surface area contributed by atoms with Gasteiger partial charge in [-0.1, -0.05) is 17.3 Å². The number of oxime groups is 1. The van der Waals surface area contributed by atoms with Crippen LogP contribution in [0.5, 0.6) is 11.5 Å². The first kappa shape index (κ1) is 13.5. The van der Waals surface area contributed by atoms with Crippen LogP contribution < -0.4 is 9.47 Å². The lowest BCUT2D eigenvalue weighted by Gasteiger charge is -2.09. The van der Waals surface area contributed by atoms with E-state index in [9.17, 15) is 0 Å². The van der Waals surface area contributed by atoms with Gasteiger partial charge in [-0.05, 0) is 47.5 Å². The number of hydrogen-bond donors (Lipinski definition) is 0. The average molecular weight is 283 g/mol. The van der Waals surface area contributed by atoms with Crippen LogP contribution in [0.3, 0.4) is 0 Å². The molecule has 0 saturated carbocycles. The highest BCUT2D eigenvalue weighted by molar-refractivity contribution is 6.01. The van der Waals surface area contributed by atoms with E-state index in [0.717, 1.165) is 34.8 Å². The SMILES string of the molecule is COc1ccc(C2=NOC(c3cccc(OC)c3)C2)cc1. The van der Waals surface area contributed by atoms with Crippen molar-refractivity contribution >= 4 is 5.71 Å². The van der Waals surface area contributed by atoms with E-state index in [-0.39, 0.29) is 6.10 Å². The smallest absolute Gasteiger partial charge is 0.158 e. The molecule has 1 unspecified atom stereocenters. The minimum absolute atomic E-state index is 0.0581. The summed E-state index contributed by atoms with van der Waals surface area (Å²) in [6, 6.07) is 15.7. The summed E-state index contributed by atoms with van der Waals surface area (Å²) in [4.78, 5) is 5.56. The lowest BCUT2D eigenvalue weighted by atomic mass is 10.00. The zero-order valence-electron chi connectivity index (χ0n) is 12.1. The lowest BCUT2D eigenvalue weighted by Crippen LogP contribution is -2.02. The molecular weight excluding hydrogens is 266 g/mol. The summed E-state index contributed by atoms with van der Waals surface area (Å²) in [5.41, 5.74) is 3.08. The number of rotatable bonds is 4. The molecule has 2 aromatic rings. The van der Waals surface area contributed by atoms with Crippen LogP contribution in [0.4, 0.5) is 0 Å². The van der Waals surface area contributed by atoms with Crippen molar-refractivity contribution in [2.45, 2.75) is 12.5 Å². The van der Waals surface area contributed by atoms with Crippen molar-refractivity contribution in [2.75, 3.05) is 14.2 Å². The molecule has 4 nitrogen and oxygen atoms in total. The summed E-state index contributed by atoms with van der Waals surface area (Å²) < 4.78 is 10.4. The first-order chi connectivity index (χ1) is 10.3. The van der Waals surface area contributed by atoms with E-state index in [2.05, 4.69) is 5.16 Å². The minimum atomic E-state index is -0.0581. The van der Waals surface area contributed by atoms with Gasteiger partial charge in [-0.25, -0.2) is 0 Å². The Kier molecular flexibility index (Phi) is 3.77. The molecule has 0 amide bonds. The maximum absolute atomic E-state index is 5.56. The summed E-state index contributed by atoms with van der Waals surface area (Å²) in [6.45, 7) is 0. The first-order valence-electron chi connectivity index (χ1n) is 6.81. The number of hydrogen-bond acceptors (Lipinski definition) is 4. The zero-order chi connectivity index (χ0) is 14.7. The van der Waals surface area contributed by atoms with Crippen molar-refractivity contribution in [1.29, 1.82) is 0 Å². The Morgan fingerprint density at radius 1 is 1.00 bits per heavy atom. The summed E-state index contributed by atoms with van der Waals surface area (Å²) in [6.07, 6.45) is 0.691. The minimum Gasteiger partial charge on any atom is -0.497 e. The second-order valence-corrected chi connectivity index (χ2v) is 4.84. The van der Waals surface area contributed by atoms with Crippen LogP contribution >= 0.6 is 0 Å². The van der Waals surface area contributed by atoms with Crippen LogP contribution in [-0.4, -0.2) is 19.9 Å². The second-order valence-electron chi connectivity index (χ2n) is 4.84. The maximum atomic E-state index is 5.56. The molecule has 21 heavy (non-hydrogen) atoms. The third-order valence-electron chi connectivity index (χ3n) is 3.56. The van der Waals surface area contributed by atoms with Gasteiger partial charge < -0.3 is 14.3 Å². The fourth-order valence-corrected chi connectivity index (χ4v) is 2.35. The van der Waals surface area contributed by atoms with E-state index in [1.807, 2.05) is 48.5 Å². The van der Waals surface area contributed by atoms with Crippen LogP contribution in [0.25, 0.3) is 0 Å². The van der Waals surface area contributed by atoms with Crippen molar-refractivity contribution in [3.63, 3.8) is 0 Å². The van der Waals surface area contributed by atoms with Gasteiger partial charge in [0.05, 0.1) is 19.9 Å². The predicted octanol–water partition coefficient (Wildman–Crippen LogP) is 3.57. The Balaban J connectivity index is 1.74. The topological polar surface area (TPSA) is 40.0 Å². The van der Waals surface area contributed by atoms with Crippen LogP contribution in [0.1, 0.15) is 23.7 Å². The Hall–Kier alpha value is -2.49. The molecule has 3 rings (SSSR count). The van der Waals surface area contributed by atoms with Crippen LogP contribution in [0, 0.1) is 0 Å². The van der Waals surface area contributed by atoms with E-state index in [1.165, 1.54) is 0 Å². The number of benzene rings is 2. The fraction of sp³-hybridized carbons (Fsp3) is 0.235. The van der Waals surface area contributed by atoms with Gasteiger partial charge in [0.1, 0.15) is 11.5 Å². The molecule has 0 bridgehead atoms. The van der Waals surface area contributed by atoms with Gasteiger partial charge in [-0.2, -0.15) is 0 Å². The average Bonchev–Trinajstić information content (AvgIpc) is 3.05. The molecule has 1 aliphatic heterocycles. The number of nitrogens with zero attached hydrogens (tertiary/aromatic N) is 1. The van der Waals surface area contributed by atoms with Crippen molar-refractivity contribution in [3.05, 3.63) is 59.7 Å². The third-order valence-corrected chi connectivity index (χ3v) is 3.56. The van der Waals surface area contributed by atoms with Crippen molar-refractivity contribution in [3.8, 4) is 11.5 Å². The van der Waals surface area contributed by atoms with Gasteiger partial charge in [0.25, 0.3) is 0 Å². The Morgan fingerprint density at radius 2 is 1.76 bits per heavy atom. The molecule has 0 N–H and O–H groups in total. The molecule has 0 saturated heterocycles. The molecule has 0 aromatic heterocycles. The van der Waals surface area contributed by atoms with E-state index < -0.39 is 0 Å². The van der Waals surface area contributed by atoms with Gasteiger partial charge in [0, 0.05) is 6.42 Å². The highest BCUT2D eigenvalue weighted by atomic mass is 16.6. The molecular formula is C17H17NO3. The second kappa shape index (κ2) is 5.87. The van der Waals surface area contributed by atoms with Gasteiger partial charge in [-0.3, -0.25) is 0 Å². The molecule has 0 spiro atoms. The number of ether oxygens (including phenoxy) is 2. The Bertz CT molecular complexity index is 649. The third kappa shape index (κ3) is 2.84. The van der Waals surface area contributed by atoms with Gasteiger partial charge >= 0.3 is 0 Å². The largest absolute Gasteiger partial charge is 0.497 e. The first-order valence-corrected chi connectivity index (χ1v) is 6.81. The summed E-state index contributed by atoms with van der Waals surface area (Å²) in [7, 11) is 3.32. The summed E-state index contributed by atoms with van der Waals surface area (Å²) in [5, 5.41) is 4.21. The molecule has 0 radical (unpaired) electrons. The number of methoxy groups -OCH3 is 2. The van der Waals surface area contributed by atoms with E-state index in [1.54, 1.807) is 14.2 Å². The van der Waals surface area contributed by atoms with Gasteiger partial charge in [0.2, 0.25) is 0 Å². The van der Waals surface area contributed by atoms with Crippen LogP contribution in [0.15, 0.2) is 53.7 Å². The summed E-state index contributed by atoms with van der Waals surface area (Å²) in [5.74, 6) is 1.66. The molecule has 0 fully saturated rings. The molecule has 0 aliphatic carbocycles. The fourth-order valence-electron chi connectivity index (χ4n) is 2.35. The highest BCUT2D eigenvalue weighted by Gasteiger charge is 2.24. The van der Waals surface area contributed by atoms with Crippen molar-refractivity contribution < 1.29 is 14.3 Å². The normalized spacial score (nSPS) is 17.0. The standard InChI is InChI=1S/C17H17NO3/c1-19-14-8-6-12(7-9-14)16-11-17(21-18-16)13-4-3-5-15(10-13)20-2/h3-10,17H,11H2,1-2H3. The lowest BCUT2D eigenvalue weighted by molar-refractivity contribution is 0.0856. The molecule has 1 aliphatic rings. The molecule has 2 aromatic carbocycles. The molecule has 4 heteroatoms.